The first-order valence-corrected chi connectivity index (χ1v) is 9.36. The summed E-state index contributed by atoms with van der Waals surface area (Å²) in [4.78, 5) is 25.2. The van der Waals surface area contributed by atoms with Crippen molar-refractivity contribution in [2.24, 2.45) is 5.92 Å². The van der Waals surface area contributed by atoms with Gasteiger partial charge in [-0.2, -0.15) is 0 Å². The molecule has 0 aliphatic rings. The number of Topliss-reactive ketones (excluding diaryl/α,β-unsaturated/α-hetero) is 1. The Morgan fingerprint density at radius 1 is 1.04 bits per heavy atom. The highest BCUT2D eigenvalue weighted by Gasteiger charge is 2.21. The number of rotatable bonds is 9. The Bertz CT molecular complexity index is 777. The molecule has 0 aromatic heterocycles. The maximum Gasteiger partial charge on any atom is 0.259 e. The largest absolute Gasteiger partial charge is 0.494 e. The Hall–Kier alpha value is -2.88. The van der Waals surface area contributed by atoms with Gasteiger partial charge in [0.05, 0.1) is 12.2 Å². The molecule has 2 rings (SSSR count). The third-order valence-corrected chi connectivity index (χ3v) is 4.02. The van der Waals surface area contributed by atoms with Crippen LogP contribution in [0, 0.1) is 5.92 Å². The summed E-state index contributed by atoms with van der Waals surface area (Å²) in [6.07, 6.45) is 3.73. The zero-order valence-electron chi connectivity index (χ0n) is 16.2. The van der Waals surface area contributed by atoms with Crippen molar-refractivity contribution in [1.82, 2.24) is 0 Å². The molecule has 27 heavy (non-hydrogen) atoms. The van der Waals surface area contributed by atoms with E-state index in [-0.39, 0.29) is 17.3 Å². The Morgan fingerprint density at radius 2 is 1.70 bits per heavy atom. The van der Waals surface area contributed by atoms with E-state index in [1.807, 2.05) is 42.5 Å². The first-order valence-electron chi connectivity index (χ1n) is 9.36. The lowest BCUT2D eigenvalue weighted by Gasteiger charge is -2.11. The van der Waals surface area contributed by atoms with Crippen molar-refractivity contribution in [3.05, 3.63) is 65.7 Å². The highest BCUT2D eigenvalue weighted by molar-refractivity contribution is 6.26. The second kappa shape index (κ2) is 10.3. The lowest BCUT2D eigenvalue weighted by atomic mass is 9.98. The highest BCUT2D eigenvalue weighted by atomic mass is 16.5. The molecule has 0 heterocycles. The summed E-state index contributed by atoms with van der Waals surface area (Å²) in [5.74, 6) is -0.0737. The third-order valence-electron chi connectivity index (χ3n) is 4.02. The smallest absolute Gasteiger partial charge is 0.259 e. The molecule has 0 unspecified atom stereocenters. The molecule has 0 aliphatic carbocycles. The van der Waals surface area contributed by atoms with Crippen molar-refractivity contribution in [2.75, 3.05) is 11.9 Å². The molecule has 0 bridgehead atoms. The summed E-state index contributed by atoms with van der Waals surface area (Å²) in [7, 11) is 0. The highest BCUT2D eigenvalue weighted by Crippen LogP contribution is 2.18. The van der Waals surface area contributed by atoms with Crippen LogP contribution in [0.1, 0.15) is 39.2 Å². The van der Waals surface area contributed by atoms with Crippen LogP contribution in [0.3, 0.4) is 0 Å². The van der Waals surface area contributed by atoms with Crippen molar-refractivity contribution < 1.29 is 14.3 Å². The third kappa shape index (κ3) is 6.41. The average molecular weight is 365 g/mol. The maximum absolute atomic E-state index is 12.7. The van der Waals surface area contributed by atoms with Crippen LogP contribution in [-0.4, -0.2) is 18.3 Å². The summed E-state index contributed by atoms with van der Waals surface area (Å²) in [5, 5.41) is 2.79. The molecule has 0 atom stereocenters. The number of unbranched alkanes of at least 4 members (excludes halogenated alkanes) is 1. The van der Waals surface area contributed by atoms with Gasteiger partial charge in [-0.15, -0.1) is 0 Å². The monoisotopic (exact) mass is 365 g/mol. The second-order valence-electron chi connectivity index (χ2n) is 6.67. The number of carbonyl (C=O) groups is 2. The molecular weight excluding hydrogens is 338 g/mol. The van der Waals surface area contributed by atoms with Gasteiger partial charge in [0, 0.05) is 11.6 Å². The van der Waals surface area contributed by atoms with Crippen LogP contribution >= 0.6 is 0 Å². The predicted molar refractivity (Wildman–Crippen MR) is 110 cm³/mol. The minimum absolute atomic E-state index is 0.147. The number of amides is 1. The van der Waals surface area contributed by atoms with Crippen molar-refractivity contribution >= 4 is 23.5 Å². The number of para-hydroxylation sites is 1. The fourth-order valence-electron chi connectivity index (χ4n) is 2.44. The van der Waals surface area contributed by atoms with E-state index in [9.17, 15) is 9.59 Å². The molecule has 0 radical (unpaired) electrons. The molecule has 142 valence electrons. The molecule has 1 N–H and O–H groups in total. The molecule has 0 saturated heterocycles. The number of hydrogen-bond donors (Lipinski definition) is 1. The van der Waals surface area contributed by atoms with Crippen LogP contribution in [0.15, 0.2) is 60.2 Å². The first-order chi connectivity index (χ1) is 13.0. The van der Waals surface area contributed by atoms with Crippen molar-refractivity contribution in [3.8, 4) is 5.75 Å². The zero-order chi connectivity index (χ0) is 19.6. The normalized spacial score (nSPS) is 11.3. The SMILES string of the molecule is CCCCOc1ccc(/C=C(/C(=O)Nc2ccccc2)C(=O)C(C)C)cc1. The van der Waals surface area contributed by atoms with Crippen LogP contribution < -0.4 is 10.1 Å². The summed E-state index contributed by atoms with van der Waals surface area (Å²) in [6.45, 7) is 6.38. The lowest BCUT2D eigenvalue weighted by molar-refractivity contribution is -0.121. The average Bonchev–Trinajstić information content (AvgIpc) is 2.67. The number of nitrogens with one attached hydrogen (secondary N) is 1. The number of hydrogen-bond acceptors (Lipinski definition) is 3. The molecule has 1 amide bonds. The minimum Gasteiger partial charge on any atom is -0.494 e. The summed E-state index contributed by atoms with van der Waals surface area (Å²) in [5.41, 5.74) is 1.59. The Morgan fingerprint density at radius 3 is 2.30 bits per heavy atom. The number of ether oxygens (including phenoxy) is 1. The van der Waals surface area contributed by atoms with Gasteiger partial charge in [0.15, 0.2) is 5.78 Å². The molecule has 4 nitrogen and oxygen atoms in total. The minimum atomic E-state index is -0.400. The van der Waals surface area contributed by atoms with Gasteiger partial charge in [0.1, 0.15) is 5.75 Å². The van der Waals surface area contributed by atoms with E-state index in [0.29, 0.717) is 12.3 Å². The van der Waals surface area contributed by atoms with Crippen molar-refractivity contribution in [2.45, 2.75) is 33.6 Å². The topological polar surface area (TPSA) is 55.4 Å². The number of ketones is 1. The molecule has 0 aliphatic heterocycles. The molecule has 2 aromatic carbocycles. The van der Waals surface area contributed by atoms with Crippen LogP contribution in [-0.2, 0) is 9.59 Å². The van der Waals surface area contributed by atoms with E-state index < -0.39 is 5.91 Å². The van der Waals surface area contributed by atoms with Crippen molar-refractivity contribution in [3.63, 3.8) is 0 Å². The molecular formula is C23H27NO3. The van der Waals surface area contributed by atoms with Crippen LogP contribution in [0.4, 0.5) is 5.69 Å². The number of anilines is 1. The molecule has 0 spiro atoms. The summed E-state index contributed by atoms with van der Waals surface area (Å²) >= 11 is 0. The summed E-state index contributed by atoms with van der Waals surface area (Å²) in [6, 6.07) is 16.5. The Kier molecular flexibility index (Phi) is 7.80. The Balaban J connectivity index is 2.20. The van der Waals surface area contributed by atoms with Gasteiger partial charge in [0.2, 0.25) is 0 Å². The van der Waals surface area contributed by atoms with E-state index in [1.54, 1.807) is 32.1 Å². The van der Waals surface area contributed by atoms with Gasteiger partial charge < -0.3 is 10.1 Å². The molecule has 4 heteroatoms. The second-order valence-corrected chi connectivity index (χ2v) is 6.67. The fraction of sp³-hybridized carbons (Fsp3) is 0.304. The van der Waals surface area contributed by atoms with E-state index in [0.717, 1.165) is 24.2 Å². The standard InChI is InChI=1S/C23H27NO3/c1-4-5-15-27-20-13-11-18(12-14-20)16-21(22(25)17(2)3)23(26)24-19-9-7-6-8-10-19/h6-14,16-17H,4-5,15H2,1-3H3,(H,24,26)/b21-16+. The maximum atomic E-state index is 12.7. The number of benzene rings is 2. The predicted octanol–water partition coefficient (Wildman–Crippen LogP) is 5.11. The quantitative estimate of drug-likeness (QED) is 0.291. The van der Waals surface area contributed by atoms with E-state index in [1.165, 1.54) is 0 Å². The van der Waals surface area contributed by atoms with Gasteiger partial charge in [-0.25, -0.2) is 0 Å². The van der Waals surface area contributed by atoms with Gasteiger partial charge >= 0.3 is 0 Å². The van der Waals surface area contributed by atoms with E-state index >= 15 is 0 Å². The first kappa shape index (κ1) is 20.4. The van der Waals surface area contributed by atoms with Crippen molar-refractivity contribution in [1.29, 1.82) is 0 Å². The van der Waals surface area contributed by atoms with Crippen LogP contribution in [0.2, 0.25) is 0 Å². The van der Waals surface area contributed by atoms with Crippen LogP contribution in [0.25, 0.3) is 6.08 Å². The van der Waals surface area contributed by atoms with Gasteiger partial charge in [-0.3, -0.25) is 9.59 Å². The fourth-order valence-corrected chi connectivity index (χ4v) is 2.44. The Labute approximate surface area is 161 Å². The molecule has 0 fully saturated rings. The van der Waals surface area contributed by atoms with E-state index in [2.05, 4.69) is 12.2 Å². The van der Waals surface area contributed by atoms with Gasteiger partial charge in [-0.1, -0.05) is 57.5 Å². The summed E-state index contributed by atoms with van der Waals surface area (Å²) < 4.78 is 5.65. The molecule has 2 aromatic rings. The van der Waals surface area contributed by atoms with E-state index in [4.69, 9.17) is 4.74 Å². The van der Waals surface area contributed by atoms with Crippen LogP contribution in [0.5, 0.6) is 5.75 Å². The lowest BCUT2D eigenvalue weighted by Crippen LogP contribution is -2.23. The zero-order valence-corrected chi connectivity index (χ0v) is 16.2. The molecule has 0 saturated carbocycles. The van der Waals surface area contributed by atoms with Gasteiger partial charge in [-0.05, 0) is 42.3 Å². The number of carbonyl (C=O) groups excluding carboxylic acids is 2. The van der Waals surface area contributed by atoms with Gasteiger partial charge in [0.25, 0.3) is 5.91 Å².